The van der Waals surface area contributed by atoms with E-state index in [1.165, 1.54) is 0 Å². The Kier molecular flexibility index (Phi) is 6.36. The maximum Gasteiger partial charge on any atom is 0.341 e. The zero-order valence-electron chi connectivity index (χ0n) is 14.7. The molecule has 2 amide bonds. The van der Waals surface area contributed by atoms with E-state index in [-0.39, 0.29) is 22.0 Å². The van der Waals surface area contributed by atoms with Crippen LogP contribution in [0.15, 0.2) is 0 Å². The van der Waals surface area contributed by atoms with Crippen molar-refractivity contribution in [1.82, 2.24) is 0 Å². The van der Waals surface area contributed by atoms with Crippen LogP contribution in [0.2, 0.25) is 0 Å². The lowest BCUT2D eigenvalue weighted by atomic mass is 9.79. The van der Waals surface area contributed by atoms with Crippen molar-refractivity contribution in [3.8, 4) is 0 Å². The highest BCUT2D eigenvalue weighted by molar-refractivity contribution is 7.18. The van der Waals surface area contributed by atoms with Crippen molar-refractivity contribution in [2.45, 2.75) is 39.5 Å². The fraction of sp³-hybridized carbons (Fsp3) is 0.529. The summed E-state index contributed by atoms with van der Waals surface area (Å²) < 4.78 is 5.00. The van der Waals surface area contributed by atoms with Crippen molar-refractivity contribution in [3.63, 3.8) is 0 Å². The van der Waals surface area contributed by atoms with E-state index < -0.39 is 35.6 Å². The minimum absolute atomic E-state index is 0.0849. The molecule has 2 rings (SSSR count). The molecule has 0 spiro atoms. The van der Waals surface area contributed by atoms with E-state index in [9.17, 15) is 24.3 Å². The second kappa shape index (κ2) is 8.31. The van der Waals surface area contributed by atoms with Crippen LogP contribution in [0.4, 0.5) is 5.00 Å². The first-order chi connectivity index (χ1) is 12.3. The molecule has 142 valence electrons. The molecule has 4 N–H and O–H groups in total. The molecule has 1 aliphatic rings. The van der Waals surface area contributed by atoms with E-state index in [0.29, 0.717) is 18.4 Å². The number of hydrogen-bond acceptors (Lipinski definition) is 6. The number of anilines is 1. The van der Waals surface area contributed by atoms with Crippen molar-refractivity contribution in [2.24, 2.45) is 17.6 Å². The van der Waals surface area contributed by atoms with Crippen molar-refractivity contribution < 1.29 is 29.0 Å². The number of carbonyl (C=O) groups is 4. The van der Waals surface area contributed by atoms with Gasteiger partial charge in [0.1, 0.15) is 5.00 Å². The number of carbonyl (C=O) groups excluding carboxylic acids is 3. The SMILES string of the molecule is CCOC(=O)c1c(NC(=O)[C@H]2CCCC[C@@H]2C(=O)O)sc(C(N)=O)c1C. The Labute approximate surface area is 154 Å². The van der Waals surface area contributed by atoms with E-state index in [1.807, 2.05) is 0 Å². The van der Waals surface area contributed by atoms with Crippen LogP contribution in [0.1, 0.15) is 58.2 Å². The summed E-state index contributed by atoms with van der Waals surface area (Å²) in [5, 5.41) is 12.1. The number of thiophene rings is 1. The summed E-state index contributed by atoms with van der Waals surface area (Å²) in [5.41, 5.74) is 5.76. The van der Waals surface area contributed by atoms with Crippen LogP contribution >= 0.6 is 11.3 Å². The maximum absolute atomic E-state index is 12.7. The Morgan fingerprint density at radius 1 is 1.23 bits per heavy atom. The molecule has 1 heterocycles. The van der Waals surface area contributed by atoms with E-state index >= 15 is 0 Å². The molecule has 0 unspecified atom stereocenters. The molecule has 0 aromatic carbocycles. The average Bonchev–Trinajstić information content (AvgIpc) is 2.91. The van der Waals surface area contributed by atoms with Crippen LogP contribution in [0.5, 0.6) is 0 Å². The van der Waals surface area contributed by atoms with Gasteiger partial charge in [-0.2, -0.15) is 0 Å². The van der Waals surface area contributed by atoms with Gasteiger partial charge in [0, 0.05) is 0 Å². The van der Waals surface area contributed by atoms with Crippen molar-refractivity contribution >= 4 is 40.1 Å². The first kappa shape index (κ1) is 19.9. The van der Waals surface area contributed by atoms with Crippen molar-refractivity contribution in [1.29, 1.82) is 0 Å². The Morgan fingerprint density at radius 3 is 2.38 bits per heavy atom. The minimum Gasteiger partial charge on any atom is -0.481 e. The van der Waals surface area contributed by atoms with E-state index in [4.69, 9.17) is 10.5 Å². The zero-order valence-corrected chi connectivity index (χ0v) is 15.5. The van der Waals surface area contributed by atoms with Gasteiger partial charge in [-0.3, -0.25) is 14.4 Å². The van der Waals surface area contributed by atoms with Crippen LogP contribution in [-0.4, -0.2) is 35.5 Å². The smallest absolute Gasteiger partial charge is 0.341 e. The molecule has 1 aliphatic carbocycles. The number of hydrogen-bond donors (Lipinski definition) is 3. The van der Waals surface area contributed by atoms with Gasteiger partial charge in [-0.25, -0.2) is 4.79 Å². The number of esters is 1. The molecule has 2 atom stereocenters. The van der Waals surface area contributed by atoms with E-state index in [1.54, 1.807) is 13.8 Å². The number of amides is 2. The van der Waals surface area contributed by atoms with Crippen molar-refractivity contribution in [3.05, 3.63) is 16.0 Å². The van der Waals surface area contributed by atoms with Crippen LogP contribution in [0.25, 0.3) is 0 Å². The van der Waals surface area contributed by atoms with Crippen LogP contribution in [0, 0.1) is 18.8 Å². The number of primary amides is 1. The molecule has 0 radical (unpaired) electrons. The molecule has 0 aliphatic heterocycles. The van der Waals surface area contributed by atoms with Gasteiger partial charge in [-0.05, 0) is 32.3 Å². The summed E-state index contributed by atoms with van der Waals surface area (Å²) >= 11 is 0.896. The molecule has 0 bridgehead atoms. The van der Waals surface area contributed by atoms with Gasteiger partial charge in [0.15, 0.2) is 0 Å². The summed E-state index contributed by atoms with van der Waals surface area (Å²) in [4.78, 5) is 48.1. The highest BCUT2D eigenvalue weighted by atomic mass is 32.1. The molecule has 1 fully saturated rings. The van der Waals surface area contributed by atoms with Gasteiger partial charge in [0.05, 0.1) is 28.9 Å². The first-order valence-electron chi connectivity index (χ1n) is 8.41. The molecular weight excluding hydrogens is 360 g/mol. The average molecular weight is 382 g/mol. The summed E-state index contributed by atoms with van der Waals surface area (Å²) in [6, 6.07) is 0. The van der Waals surface area contributed by atoms with Crippen LogP contribution in [0.3, 0.4) is 0 Å². The predicted octanol–water partition coefficient (Wildman–Crippen LogP) is 2.16. The second-order valence-corrected chi connectivity index (χ2v) is 7.19. The Balaban J connectivity index is 2.33. The molecule has 1 saturated carbocycles. The van der Waals surface area contributed by atoms with Crippen LogP contribution < -0.4 is 11.1 Å². The normalized spacial score (nSPS) is 19.6. The lowest BCUT2D eigenvalue weighted by molar-refractivity contribution is -0.147. The van der Waals surface area contributed by atoms with Crippen LogP contribution in [-0.2, 0) is 14.3 Å². The van der Waals surface area contributed by atoms with Gasteiger partial charge >= 0.3 is 11.9 Å². The largest absolute Gasteiger partial charge is 0.481 e. The fourth-order valence-corrected chi connectivity index (χ4v) is 4.28. The summed E-state index contributed by atoms with van der Waals surface area (Å²) in [6.45, 7) is 3.34. The third-order valence-electron chi connectivity index (χ3n) is 4.51. The molecule has 9 heteroatoms. The third-order valence-corrected chi connectivity index (χ3v) is 5.73. The van der Waals surface area contributed by atoms with Crippen molar-refractivity contribution in [2.75, 3.05) is 11.9 Å². The lowest BCUT2D eigenvalue weighted by Crippen LogP contribution is -2.36. The summed E-state index contributed by atoms with van der Waals surface area (Å²) in [7, 11) is 0. The molecule has 8 nitrogen and oxygen atoms in total. The molecular formula is C17H22N2O6S. The lowest BCUT2D eigenvalue weighted by Gasteiger charge is -2.27. The molecule has 0 saturated heterocycles. The topological polar surface area (TPSA) is 136 Å². The monoisotopic (exact) mass is 382 g/mol. The quantitative estimate of drug-likeness (QED) is 0.645. The molecule has 1 aromatic rings. The minimum atomic E-state index is -1.00. The highest BCUT2D eigenvalue weighted by Gasteiger charge is 2.37. The van der Waals surface area contributed by atoms with E-state index in [0.717, 1.165) is 24.2 Å². The molecule has 1 aromatic heterocycles. The fourth-order valence-electron chi connectivity index (χ4n) is 3.23. The Bertz CT molecular complexity index is 742. The number of rotatable bonds is 6. The number of aliphatic carboxylic acids is 1. The van der Waals surface area contributed by atoms with E-state index in [2.05, 4.69) is 5.32 Å². The third kappa shape index (κ3) is 4.04. The highest BCUT2D eigenvalue weighted by Crippen LogP contribution is 2.36. The van der Waals surface area contributed by atoms with Gasteiger partial charge in [0.2, 0.25) is 5.91 Å². The van der Waals surface area contributed by atoms with Gasteiger partial charge in [-0.1, -0.05) is 12.8 Å². The Morgan fingerprint density at radius 2 is 1.85 bits per heavy atom. The zero-order chi connectivity index (χ0) is 19.4. The van der Waals surface area contributed by atoms with Gasteiger partial charge in [0.25, 0.3) is 5.91 Å². The first-order valence-corrected chi connectivity index (χ1v) is 9.23. The maximum atomic E-state index is 12.7. The molecule has 26 heavy (non-hydrogen) atoms. The van der Waals surface area contributed by atoms with Gasteiger partial charge in [-0.15, -0.1) is 11.3 Å². The number of carboxylic acid groups (broad SMARTS) is 1. The summed E-state index contributed by atoms with van der Waals surface area (Å²) in [6.07, 6.45) is 2.43. The Hall–Kier alpha value is -2.42. The predicted molar refractivity (Wildman–Crippen MR) is 95.2 cm³/mol. The number of carboxylic acids is 1. The second-order valence-electron chi connectivity index (χ2n) is 6.17. The number of nitrogens with one attached hydrogen (secondary N) is 1. The van der Waals surface area contributed by atoms with Gasteiger partial charge < -0.3 is 20.9 Å². The summed E-state index contributed by atoms with van der Waals surface area (Å²) in [5.74, 6) is -4.29. The number of nitrogens with two attached hydrogens (primary N) is 1. The standard InChI is InChI=1S/C17H22N2O6S/c1-3-25-17(24)11-8(2)12(13(18)20)26-15(11)19-14(21)9-6-4-5-7-10(9)16(22)23/h9-10H,3-7H2,1-2H3,(H2,18,20)(H,19,21)(H,22,23)/t9-,10-/m0/s1. The number of ether oxygens (including phenoxy) is 1.